The highest BCUT2D eigenvalue weighted by Gasteiger charge is 2.20. The molecular formula is C44H34Cl5N8O8P. The Hall–Kier alpha value is -6.39. The number of benzene rings is 3. The van der Waals surface area contributed by atoms with Gasteiger partial charge >= 0.3 is 10.9 Å². The topological polar surface area (TPSA) is 217 Å². The first-order valence-electron chi connectivity index (χ1n) is 19.2. The van der Waals surface area contributed by atoms with Crippen LogP contribution in [0.4, 0.5) is 5.69 Å². The Balaban J connectivity index is 0.000000143. The van der Waals surface area contributed by atoms with E-state index >= 15 is 0 Å². The van der Waals surface area contributed by atoms with Gasteiger partial charge in [0.2, 0.25) is 28.2 Å². The molecule has 3 aromatic carbocycles. The van der Waals surface area contributed by atoms with Gasteiger partial charge in [-0.2, -0.15) is 4.73 Å². The van der Waals surface area contributed by atoms with Crippen molar-refractivity contribution in [2.45, 2.75) is 34.6 Å². The molecule has 0 fully saturated rings. The highest BCUT2D eigenvalue weighted by molar-refractivity contribution is 8.24. The molecule has 7 heterocycles. The van der Waals surface area contributed by atoms with Gasteiger partial charge in [0.1, 0.15) is 22.4 Å². The van der Waals surface area contributed by atoms with Gasteiger partial charge in [-0.3, -0.25) is 14.7 Å². The van der Waals surface area contributed by atoms with Gasteiger partial charge in [0.15, 0.2) is 11.4 Å². The van der Waals surface area contributed by atoms with Crippen molar-refractivity contribution in [2.75, 3.05) is 0 Å². The van der Waals surface area contributed by atoms with Gasteiger partial charge in [-0.25, -0.2) is 9.97 Å². The lowest BCUT2D eigenvalue weighted by Crippen LogP contribution is -2.30. The van der Waals surface area contributed by atoms with Crippen LogP contribution in [0.5, 0.6) is 0 Å². The van der Waals surface area contributed by atoms with Gasteiger partial charge in [-0.05, 0) is 91.7 Å². The van der Waals surface area contributed by atoms with E-state index in [0.717, 1.165) is 55.2 Å². The minimum atomic E-state index is -3.22. The zero-order valence-corrected chi connectivity index (χ0v) is 39.8. The summed E-state index contributed by atoms with van der Waals surface area (Å²) in [6, 6.07) is 36.4. The molecule has 66 heavy (non-hydrogen) atoms. The first-order valence-corrected chi connectivity index (χ1v) is 24.3. The van der Waals surface area contributed by atoms with Gasteiger partial charge < -0.3 is 23.3 Å². The maximum absolute atomic E-state index is 12.2. The van der Waals surface area contributed by atoms with Crippen molar-refractivity contribution in [3.8, 4) is 33.8 Å². The lowest BCUT2D eigenvalue weighted by molar-refractivity contribution is -0.565. The van der Waals surface area contributed by atoms with Gasteiger partial charge in [0.05, 0.1) is 26.4 Å². The average Bonchev–Trinajstić information content (AvgIpc) is 4.07. The molecule has 338 valence electrons. The van der Waals surface area contributed by atoms with Crippen molar-refractivity contribution < 1.29 is 32.3 Å². The third-order valence-corrected chi connectivity index (χ3v) is 9.71. The second-order valence-electron chi connectivity index (χ2n) is 13.8. The molecule has 0 N–H and O–H groups in total. The van der Waals surface area contributed by atoms with Crippen LogP contribution >= 0.6 is 62.1 Å². The van der Waals surface area contributed by atoms with Gasteiger partial charge in [0.25, 0.3) is 5.52 Å². The Morgan fingerprint density at radius 3 is 1.38 bits per heavy atom. The highest BCUT2D eigenvalue weighted by atomic mass is 36.0. The molecule has 0 unspecified atom stereocenters. The van der Waals surface area contributed by atoms with E-state index in [1.807, 2.05) is 105 Å². The van der Waals surface area contributed by atoms with Crippen molar-refractivity contribution in [1.29, 1.82) is 0 Å². The third kappa shape index (κ3) is 12.3. The standard InChI is InChI=1S/2C13H9ClN2O.C13H10N2O2.C5H6N2O3.Cl3OP/c2*1-8-12-13(17-16-8)10(14)7-11(15-12)9-5-3-2-4-6-9;1-9-13-12(17-14-9)8-7-11(15(13)16)10-5-3-2-4-6-10;1-3-5(7(8)9)4(2)10-6-3;1-5(2,3)4/h2*2-7H,1H3;2-8H,1H3;1-2H3;. The van der Waals surface area contributed by atoms with Crippen LogP contribution in [0.3, 0.4) is 0 Å². The van der Waals surface area contributed by atoms with Crippen LogP contribution in [-0.4, -0.2) is 35.5 Å². The first-order chi connectivity index (χ1) is 31.4. The number of fused-ring (bicyclic) bond motifs is 3. The number of nitrogens with zero attached hydrogens (tertiary/aromatic N) is 8. The summed E-state index contributed by atoms with van der Waals surface area (Å²) in [4.78, 5) is 18.8. The highest BCUT2D eigenvalue weighted by Crippen LogP contribution is 2.61. The Kier molecular flexibility index (Phi) is 16.2. The van der Waals surface area contributed by atoms with Crippen molar-refractivity contribution in [1.82, 2.24) is 30.6 Å². The van der Waals surface area contributed by atoms with E-state index in [0.29, 0.717) is 49.4 Å². The summed E-state index contributed by atoms with van der Waals surface area (Å²) in [7, 11) is 0. The molecule has 22 heteroatoms. The monoisotopic (exact) mass is 1010 g/mol. The number of aromatic nitrogens is 7. The summed E-state index contributed by atoms with van der Waals surface area (Å²) in [6.45, 7) is 8.51. The lowest BCUT2D eigenvalue weighted by Gasteiger charge is -2.04. The predicted octanol–water partition coefficient (Wildman–Crippen LogP) is 14.2. The average molecular weight is 1010 g/mol. The quantitative estimate of drug-likeness (QED) is 0.0527. The lowest BCUT2D eigenvalue weighted by atomic mass is 10.1. The number of halogens is 5. The first kappa shape index (κ1) is 49.1. The normalized spacial score (nSPS) is 10.8. The Labute approximate surface area is 399 Å². The number of hydrogen-bond donors (Lipinski definition) is 0. The van der Waals surface area contributed by atoms with E-state index in [2.05, 4.69) is 68.8 Å². The van der Waals surface area contributed by atoms with E-state index in [-0.39, 0.29) is 11.4 Å². The van der Waals surface area contributed by atoms with E-state index in [9.17, 15) is 19.9 Å². The number of hydrogen-bond acceptors (Lipinski definition) is 14. The fraction of sp³-hybridized carbons (Fsp3) is 0.114. The molecule has 0 saturated carbocycles. The molecule has 0 aliphatic rings. The number of nitro groups is 1. The molecule has 10 rings (SSSR count). The Morgan fingerprint density at radius 1 is 0.576 bits per heavy atom. The zero-order valence-electron chi connectivity index (χ0n) is 35.2. The summed E-state index contributed by atoms with van der Waals surface area (Å²) >= 11 is 26.2. The maximum Gasteiger partial charge on any atom is 0.339 e. The second kappa shape index (κ2) is 21.7. The number of rotatable bonds is 4. The molecule has 0 bridgehead atoms. The molecule has 0 atom stereocenters. The van der Waals surface area contributed by atoms with E-state index in [1.165, 1.54) is 13.8 Å². The second-order valence-corrected chi connectivity index (χ2v) is 21.2. The summed E-state index contributed by atoms with van der Waals surface area (Å²) in [5.41, 5.74) is 11.1. The molecular weight excluding hydrogens is 977 g/mol. The number of aryl methyl sites for hydroxylation is 5. The largest absolute Gasteiger partial charge is 0.618 e. The molecule has 7 aromatic heterocycles. The van der Waals surface area contributed by atoms with Crippen LogP contribution in [0.1, 0.15) is 28.5 Å². The van der Waals surface area contributed by atoms with Crippen LogP contribution in [0.25, 0.3) is 67.1 Å². The van der Waals surface area contributed by atoms with Gasteiger partial charge in [0, 0.05) is 29.7 Å². The molecule has 0 aliphatic carbocycles. The van der Waals surface area contributed by atoms with E-state index < -0.39 is 10.1 Å². The van der Waals surface area contributed by atoms with E-state index in [1.54, 1.807) is 31.2 Å². The van der Waals surface area contributed by atoms with Crippen molar-refractivity contribution in [3.63, 3.8) is 0 Å². The predicted molar refractivity (Wildman–Crippen MR) is 255 cm³/mol. The Bertz CT molecular complexity index is 3160. The summed E-state index contributed by atoms with van der Waals surface area (Å²) in [5.74, 6) is 0.252. The number of pyridine rings is 3. The van der Waals surface area contributed by atoms with Crippen LogP contribution in [-0.2, 0) is 4.57 Å². The van der Waals surface area contributed by atoms with Crippen molar-refractivity contribution in [2.24, 2.45) is 0 Å². The van der Waals surface area contributed by atoms with E-state index in [4.69, 9.17) is 36.8 Å². The molecule has 0 radical (unpaired) electrons. The minimum Gasteiger partial charge on any atom is -0.618 e. The third-order valence-electron chi connectivity index (χ3n) is 9.15. The van der Waals surface area contributed by atoms with Crippen molar-refractivity contribution >= 4 is 101 Å². The fourth-order valence-electron chi connectivity index (χ4n) is 6.14. The van der Waals surface area contributed by atoms with Crippen LogP contribution in [0.15, 0.2) is 133 Å². The molecule has 0 spiro atoms. The SMILES string of the molecule is Cc1noc(C)c1[N+](=O)[O-].Cc1noc2c(Cl)cc(-c3ccccc3)nc12.Cc1noc2c(Cl)cc(-c3ccccc3)nc12.Cc1noc2ccc(-c3ccccc3)[n+]([O-])c12.O=P(Cl)(Cl)Cl. The zero-order chi connectivity index (χ0) is 47.7. The smallest absolute Gasteiger partial charge is 0.339 e. The van der Waals surface area contributed by atoms with Gasteiger partial charge in [-0.1, -0.05) is 123 Å². The molecule has 10 aromatic rings. The Morgan fingerprint density at radius 2 is 0.985 bits per heavy atom. The van der Waals surface area contributed by atoms with Crippen LogP contribution in [0, 0.1) is 49.9 Å². The molecule has 0 amide bonds. The minimum absolute atomic E-state index is 0.0278. The summed E-state index contributed by atoms with van der Waals surface area (Å²) < 4.78 is 30.2. The summed E-state index contributed by atoms with van der Waals surface area (Å²) in [5, 5.41) is 35.2. The maximum atomic E-state index is 12.2. The van der Waals surface area contributed by atoms with Crippen LogP contribution < -0.4 is 4.73 Å². The molecule has 0 aliphatic heterocycles. The van der Waals surface area contributed by atoms with Crippen LogP contribution in [0.2, 0.25) is 10.0 Å². The summed E-state index contributed by atoms with van der Waals surface area (Å²) in [6.07, 6.45) is 0. The molecule has 16 nitrogen and oxygen atoms in total. The van der Waals surface area contributed by atoms with Gasteiger partial charge in [-0.15, -0.1) is 0 Å². The van der Waals surface area contributed by atoms with Crippen molar-refractivity contribution in [3.05, 3.63) is 169 Å². The fourth-order valence-corrected chi connectivity index (χ4v) is 6.59. The molecule has 0 saturated heterocycles.